The van der Waals surface area contributed by atoms with Gasteiger partial charge in [-0.2, -0.15) is 0 Å². The van der Waals surface area contributed by atoms with E-state index in [-0.39, 0.29) is 17.7 Å². The Morgan fingerprint density at radius 3 is 2.34 bits per heavy atom. The van der Waals surface area contributed by atoms with E-state index in [1.54, 1.807) is 0 Å². The first-order chi connectivity index (χ1) is 13.7. The van der Waals surface area contributed by atoms with Crippen LogP contribution in [0.15, 0.2) is 11.1 Å². The third kappa shape index (κ3) is 3.19. The molecule has 1 heterocycles. The predicted molar refractivity (Wildman–Crippen MR) is 112 cm³/mol. The fraction of sp³-hybridized carbons (Fsp3) is 0.591. The third-order valence-electron chi connectivity index (χ3n) is 7.00. The number of amides is 2. The summed E-state index contributed by atoms with van der Waals surface area (Å²) in [6, 6.07) is 0. The number of allylic oxidation sites excluding steroid dienone is 2. The summed E-state index contributed by atoms with van der Waals surface area (Å²) in [4.78, 5) is 38.6. The summed E-state index contributed by atoms with van der Waals surface area (Å²) >= 11 is 1.43. The maximum atomic E-state index is 13.3. The van der Waals surface area contributed by atoms with Gasteiger partial charge in [-0.15, -0.1) is 11.3 Å². The number of nitrogens with one attached hydrogen (secondary N) is 1. The average Bonchev–Trinajstić information content (AvgIpc) is 3.29. The lowest BCUT2D eigenvalue weighted by molar-refractivity contribution is -0.148. The molecule has 2 fully saturated rings. The van der Waals surface area contributed by atoms with Crippen molar-refractivity contribution >= 4 is 34.1 Å². The number of fused-ring (bicyclic) bond motifs is 3. The molecule has 2 bridgehead atoms. The van der Waals surface area contributed by atoms with Crippen molar-refractivity contribution in [3.05, 3.63) is 27.2 Å². The van der Waals surface area contributed by atoms with Gasteiger partial charge in [0.15, 0.2) is 0 Å². The largest absolute Gasteiger partial charge is 0.481 e. The molecule has 0 spiro atoms. The topological polar surface area (TPSA) is 109 Å². The zero-order valence-electron chi connectivity index (χ0n) is 17.1. The van der Waals surface area contributed by atoms with Gasteiger partial charge in [0.05, 0.1) is 17.4 Å². The maximum absolute atomic E-state index is 13.3. The summed E-state index contributed by atoms with van der Waals surface area (Å²) in [6.07, 6.45) is 4.32. The van der Waals surface area contributed by atoms with Crippen molar-refractivity contribution in [2.45, 2.75) is 52.9 Å². The number of primary amides is 1. The summed E-state index contributed by atoms with van der Waals surface area (Å²) in [6.45, 7) is 6.18. The van der Waals surface area contributed by atoms with Crippen LogP contribution in [0.25, 0.3) is 0 Å². The minimum absolute atomic E-state index is 0.0299. The predicted octanol–water partition coefficient (Wildman–Crippen LogP) is 3.60. The van der Waals surface area contributed by atoms with E-state index in [9.17, 15) is 19.5 Å². The average molecular weight is 417 g/mol. The Balaban J connectivity index is 1.67. The Kier molecular flexibility index (Phi) is 5.05. The van der Waals surface area contributed by atoms with E-state index in [1.165, 1.54) is 11.3 Å². The van der Waals surface area contributed by atoms with Crippen LogP contribution in [-0.2, 0) is 22.4 Å². The van der Waals surface area contributed by atoms with Gasteiger partial charge >= 0.3 is 5.97 Å². The Bertz CT molecular complexity index is 927. The van der Waals surface area contributed by atoms with Crippen LogP contribution in [0.4, 0.5) is 5.00 Å². The molecule has 0 radical (unpaired) electrons. The van der Waals surface area contributed by atoms with Crippen LogP contribution >= 0.6 is 11.3 Å². The molecule has 3 aliphatic rings. The Hall–Kier alpha value is -2.15. The first kappa shape index (κ1) is 20.1. The lowest BCUT2D eigenvalue weighted by atomic mass is 9.78. The summed E-state index contributed by atoms with van der Waals surface area (Å²) in [5, 5.41) is 13.3. The van der Waals surface area contributed by atoms with Crippen molar-refractivity contribution in [1.82, 2.24) is 0 Å². The highest BCUT2D eigenvalue weighted by molar-refractivity contribution is 7.17. The lowest BCUT2D eigenvalue weighted by Gasteiger charge is -2.26. The van der Waals surface area contributed by atoms with Crippen LogP contribution in [0.5, 0.6) is 0 Å². The smallest absolute Gasteiger partial charge is 0.307 e. The number of anilines is 1. The highest BCUT2D eigenvalue weighted by atomic mass is 32.1. The number of rotatable bonds is 4. The quantitative estimate of drug-likeness (QED) is 0.651. The van der Waals surface area contributed by atoms with Gasteiger partial charge in [-0.3, -0.25) is 14.4 Å². The van der Waals surface area contributed by atoms with Crippen LogP contribution in [0, 0.1) is 29.6 Å². The van der Waals surface area contributed by atoms with Crippen LogP contribution in [0.2, 0.25) is 0 Å². The molecule has 4 rings (SSSR count). The molecule has 1 aromatic rings. The molecule has 2 amide bonds. The molecule has 5 atom stereocenters. The molecule has 156 valence electrons. The van der Waals surface area contributed by atoms with E-state index in [0.717, 1.165) is 53.7 Å². The van der Waals surface area contributed by atoms with Crippen LogP contribution in [-0.4, -0.2) is 22.9 Å². The maximum Gasteiger partial charge on any atom is 0.307 e. The van der Waals surface area contributed by atoms with Gasteiger partial charge in [-0.05, 0) is 69.3 Å². The summed E-state index contributed by atoms with van der Waals surface area (Å²) < 4.78 is 0. The van der Waals surface area contributed by atoms with E-state index in [4.69, 9.17) is 5.73 Å². The minimum Gasteiger partial charge on any atom is -0.481 e. The number of carbonyl (C=O) groups is 3. The number of hydrogen-bond acceptors (Lipinski definition) is 4. The molecule has 3 aliphatic carbocycles. The lowest BCUT2D eigenvalue weighted by Crippen LogP contribution is -2.38. The first-order valence-electron chi connectivity index (χ1n) is 10.4. The normalized spacial score (nSPS) is 30.2. The number of hydrogen-bond donors (Lipinski definition) is 3. The van der Waals surface area contributed by atoms with Crippen LogP contribution in [0.3, 0.4) is 0 Å². The molecule has 6 nitrogen and oxygen atoms in total. The van der Waals surface area contributed by atoms with Gasteiger partial charge in [-0.25, -0.2) is 0 Å². The Morgan fingerprint density at radius 1 is 1.10 bits per heavy atom. The van der Waals surface area contributed by atoms with Gasteiger partial charge in [0, 0.05) is 4.88 Å². The molecule has 0 aromatic carbocycles. The number of nitrogens with two attached hydrogens (primary N) is 1. The Labute approximate surface area is 174 Å². The molecular formula is C22H28N2O4S. The molecule has 0 aliphatic heterocycles. The first-order valence-corrected chi connectivity index (χ1v) is 11.2. The zero-order chi connectivity index (χ0) is 21.0. The molecule has 0 unspecified atom stereocenters. The number of carboxylic acid groups (broad SMARTS) is 1. The molecule has 0 saturated heterocycles. The van der Waals surface area contributed by atoms with Gasteiger partial charge in [-0.1, -0.05) is 18.1 Å². The fourth-order valence-electron chi connectivity index (χ4n) is 5.90. The Morgan fingerprint density at radius 2 is 1.76 bits per heavy atom. The van der Waals surface area contributed by atoms with E-state index >= 15 is 0 Å². The van der Waals surface area contributed by atoms with E-state index in [2.05, 4.69) is 12.2 Å². The number of carboxylic acids is 1. The second kappa shape index (κ2) is 7.27. The van der Waals surface area contributed by atoms with Crippen molar-refractivity contribution < 1.29 is 19.5 Å². The molecule has 4 N–H and O–H groups in total. The van der Waals surface area contributed by atoms with Crippen molar-refractivity contribution in [3.8, 4) is 0 Å². The molecule has 7 heteroatoms. The van der Waals surface area contributed by atoms with Gasteiger partial charge in [0.2, 0.25) is 5.91 Å². The van der Waals surface area contributed by atoms with Crippen molar-refractivity contribution in [2.24, 2.45) is 35.3 Å². The van der Waals surface area contributed by atoms with Crippen LogP contribution < -0.4 is 11.1 Å². The SMILES string of the molecule is CC(C)=C1[C@@H]2CC[C@@H]1[C@@H](C(=O)Nc1sc3c(c1C(N)=O)CC[C@@H](C)C3)[C@@H]2C(=O)O. The van der Waals surface area contributed by atoms with Crippen molar-refractivity contribution in [1.29, 1.82) is 0 Å². The van der Waals surface area contributed by atoms with Crippen molar-refractivity contribution in [2.75, 3.05) is 5.32 Å². The van der Waals surface area contributed by atoms with E-state index in [1.807, 2.05) is 13.8 Å². The van der Waals surface area contributed by atoms with Gasteiger partial charge in [0.25, 0.3) is 5.91 Å². The summed E-state index contributed by atoms with van der Waals surface area (Å²) in [5.74, 6) is -2.60. The molecule has 29 heavy (non-hydrogen) atoms. The monoisotopic (exact) mass is 416 g/mol. The van der Waals surface area contributed by atoms with Crippen LogP contribution in [0.1, 0.15) is 60.8 Å². The standard InChI is InChI=1S/C22H28N2O4S/c1-9(2)15-12-6-7-13(15)17(22(27)28)16(12)20(26)24-21-18(19(23)25)11-5-4-10(3)8-14(11)29-21/h10,12-13,16-17H,4-8H2,1-3H3,(H2,23,25)(H,24,26)(H,27,28)/t10-,12+,13+,16-,17-/m1/s1. The second-order valence-electron chi connectivity index (χ2n) is 9.04. The summed E-state index contributed by atoms with van der Waals surface area (Å²) in [7, 11) is 0. The van der Waals surface area contributed by atoms with Gasteiger partial charge in [0.1, 0.15) is 5.00 Å². The summed E-state index contributed by atoms with van der Waals surface area (Å²) in [5.41, 5.74) is 9.31. The van der Waals surface area contributed by atoms with E-state index in [0.29, 0.717) is 16.5 Å². The molecular weight excluding hydrogens is 388 g/mol. The fourth-order valence-corrected chi connectivity index (χ4v) is 7.32. The highest BCUT2D eigenvalue weighted by Gasteiger charge is 2.57. The van der Waals surface area contributed by atoms with Crippen molar-refractivity contribution in [3.63, 3.8) is 0 Å². The number of thiophene rings is 1. The van der Waals surface area contributed by atoms with E-state index < -0.39 is 23.7 Å². The number of carbonyl (C=O) groups excluding carboxylic acids is 2. The second-order valence-corrected chi connectivity index (χ2v) is 10.2. The molecule has 1 aromatic heterocycles. The third-order valence-corrected chi connectivity index (χ3v) is 8.17. The number of aliphatic carboxylic acids is 1. The molecule has 2 saturated carbocycles. The van der Waals surface area contributed by atoms with Gasteiger partial charge < -0.3 is 16.2 Å². The zero-order valence-corrected chi connectivity index (χ0v) is 17.9. The minimum atomic E-state index is -0.912. The highest BCUT2D eigenvalue weighted by Crippen LogP contribution is 2.57.